The molecule has 0 fully saturated rings. The van der Waals surface area contributed by atoms with Crippen LogP contribution in [-0.4, -0.2) is 32.2 Å². The Bertz CT molecular complexity index is 663. The molecule has 1 aliphatic rings. The van der Waals surface area contributed by atoms with Gasteiger partial charge in [0.25, 0.3) is 5.91 Å². The summed E-state index contributed by atoms with van der Waals surface area (Å²) in [6, 6.07) is 4.34. The SMILES string of the molecule is COc1cc(CNC(=O)COC(=O)C[C@@H]2C=CCC2)ccc1OC(F)F. The van der Waals surface area contributed by atoms with Crippen molar-refractivity contribution in [2.24, 2.45) is 5.92 Å². The number of carbonyl (C=O) groups excluding carboxylic acids is 2. The average Bonchev–Trinajstić information content (AvgIpc) is 3.11. The Morgan fingerprint density at radius 2 is 2.12 bits per heavy atom. The first-order valence-corrected chi connectivity index (χ1v) is 8.18. The van der Waals surface area contributed by atoms with Gasteiger partial charge in [0.2, 0.25) is 0 Å². The van der Waals surface area contributed by atoms with Crippen LogP contribution in [0.15, 0.2) is 30.4 Å². The smallest absolute Gasteiger partial charge is 0.387 e. The quantitative estimate of drug-likeness (QED) is 0.535. The van der Waals surface area contributed by atoms with Gasteiger partial charge in [0.15, 0.2) is 18.1 Å². The second-order valence-corrected chi connectivity index (χ2v) is 5.77. The van der Waals surface area contributed by atoms with Crippen molar-refractivity contribution in [3.63, 3.8) is 0 Å². The highest BCUT2D eigenvalue weighted by atomic mass is 19.3. The van der Waals surface area contributed by atoms with Crippen LogP contribution in [0.25, 0.3) is 0 Å². The van der Waals surface area contributed by atoms with E-state index in [1.807, 2.05) is 12.2 Å². The zero-order valence-corrected chi connectivity index (χ0v) is 14.4. The summed E-state index contributed by atoms with van der Waals surface area (Å²) in [7, 11) is 1.33. The Balaban J connectivity index is 1.75. The predicted octanol–water partition coefficient (Wildman–Crippen LogP) is 2.81. The number of esters is 1. The maximum absolute atomic E-state index is 12.3. The molecule has 0 spiro atoms. The van der Waals surface area contributed by atoms with Crippen molar-refractivity contribution in [2.75, 3.05) is 13.7 Å². The Hall–Kier alpha value is -2.64. The fourth-order valence-electron chi connectivity index (χ4n) is 2.55. The van der Waals surface area contributed by atoms with E-state index in [0.29, 0.717) is 5.56 Å². The van der Waals surface area contributed by atoms with Crippen LogP contribution in [0.2, 0.25) is 0 Å². The Kier molecular flexibility index (Phi) is 7.37. The van der Waals surface area contributed by atoms with E-state index in [1.165, 1.54) is 25.3 Å². The predicted molar refractivity (Wildman–Crippen MR) is 88.9 cm³/mol. The van der Waals surface area contributed by atoms with Crippen LogP contribution in [0.5, 0.6) is 11.5 Å². The number of halogens is 2. The second-order valence-electron chi connectivity index (χ2n) is 5.77. The van der Waals surface area contributed by atoms with Gasteiger partial charge < -0.3 is 19.5 Å². The summed E-state index contributed by atoms with van der Waals surface area (Å²) < 4.78 is 38.8. The number of ether oxygens (including phenoxy) is 3. The first-order valence-electron chi connectivity index (χ1n) is 8.18. The molecule has 6 nitrogen and oxygen atoms in total. The summed E-state index contributed by atoms with van der Waals surface area (Å²) in [5, 5.41) is 2.58. The van der Waals surface area contributed by atoms with Gasteiger partial charge in [0.1, 0.15) is 0 Å². The van der Waals surface area contributed by atoms with Gasteiger partial charge in [0.05, 0.1) is 13.5 Å². The number of allylic oxidation sites excluding steroid dienone is 2. The molecule has 8 heteroatoms. The molecule has 1 N–H and O–H groups in total. The lowest BCUT2D eigenvalue weighted by Crippen LogP contribution is -2.28. The van der Waals surface area contributed by atoms with E-state index in [1.54, 1.807) is 0 Å². The number of rotatable bonds is 9. The van der Waals surface area contributed by atoms with Crippen LogP contribution in [0, 0.1) is 5.92 Å². The van der Waals surface area contributed by atoms with E-state index in [9.17, 15) is 18.4 Å². The molecule has 1 aliphatic carbocycles. The van der Waals surface area contributed by atoms with Crippen LogP contribution in [-0.2, 0) is 20.9 Å². The molecule has 0 saturated heterocycles. The van der Waals surface area contributed by atoms with Crippen LogP contribution < -0.4 is 14.8 Å². The molecule has 0 heterocycles. The minimum Gasteiger partial charge on any atom is -0.493 e. The van der Waals surface area contributed by atoms with Gasteiger partial charge in [0, 0.05) is 6.54 Å². The van der Waals surface area contributed by atoms with E-state index >= 15 is 0 Å². The van der Waals surface area contributed by atoms with Gasteiger partial charge in [-0.15, -0.1) is 0 Å². The summed E-state index contributed by atoms with van der Waals surface area (Å²) in [6.45, 7) is -3.18. The maximum Gasteiger partial charge on any atom is 0.387 e. The highest BCUT2D eigenvalue weighted by molar-refractivity contribution is 5.80. The van der Waals surface area contributed by atoms with Crippen LogP contribution in [0.3, 0.4) is 0 Å². The zero-order chi connectivity index (χ0) is 18.9. The highest BCUT2D eigenvalue weighted by Crippen LogP contribution is 2.29. The molecular formula is C18H21F2NO5. The van der Waals surface area contributed by atoms with Crippen LogP contribution >= 0.6 is 0 Å². The number of amides is 1. The molecule has 0 aromatic heterocycles. The normalized spacial score (nSPS) is 15.8. The third-order valence-corrected chi connectivity index (χ3v) is 3.84. The van der Waals surface area contributed by atoms with Gasteiger partial charge >= 0.3 is 12.6 Å². The Morgan fingerprint density at radius 1 is 1.31 bits per heavy atom. The standard InChI is InChI=1S/C18H21F2NO5/c1-24-15-8-13(6-7-14(15)26-18(19)20)10-21-16(22)11-25-17(23)9-12-4-2-3-5-12/h2,4,6-8,12,18H,3,5,9-11H2,1H3,(H,21,22)/t12-/m1/s1. The van der Waals surface area contributed by atoms with Crippen molar-refractivity contribution in [3.8, 4) is 11.5 Å². The molecule has 1 aromatic carbocycles. The fraction of sp³-hybridized carbons (Fsp3) is 0.444. The van der Waals surface area contributed by atoms with Gasteiger partial charge in [-0.3, -0.25) is 9.59 Å². The second kappa shape index (κ2) is 9.74. The number of benzene rings is 1. The van der Waals surface area contributed by atoms with E-state index in [-0.39, 0.29) is 37.0 Å². The van der Waals surface area contributed by atoms with Gasteiger partial charge in [-0.1, -0.05) is 18.2 Å². The molecule has 0 saturated carbocycles. The molecule has 1 amide bonds. The van der Waals surface area contributed by atoms with Crippen molar-refractivity contribution in [3.05, 3.63) is 35.9 Å². The van der Waals surface area contributed by atoms with Crippen LogP contribution in [0.1, 0.15) is 24.8 Å². The van der Waals surface area contributed by atoms with Crippen LogP contribution in [0.4, 0.5) is 8.78 Å². The average molecular weight is 369 g/mol. The lowest BCUT2D eigenvalue weighted by Gasteiger charge is -2.12. The van der Waals surface area contributed by atoms with Gasteiger partial charge in [-0.05, 0) is 36.5 Å². The first kappa shape index (κ1) is 19.7. The lowest BCUT2D eigenvalue weighted by molar-refractivity contribution is -0.149. The van der Waals surface area contributed by atoms with E-state index in [2.05, 4.69) is 10.1 Å². The monoisotopic (exact) mass is 369 g/mol. The van der Waals surface area contributed by atoms with E-state index in [4.69, 9.17) is 9.47 Å². The molecule has 2 rings (SSSR count). The summed E-state index contributed by atoms with van der Waals surface area (Å²) in [6.07, 6.45) is 6.16. The molecule has 0 unspecified atom stereocenters. The van der Waals surface area contributed by atoms with E-state index < -0.39 is 18.5 Å². The largest absolute Gasteiger partial charge is 0.493 e. The van der Waals surface area contributed by atoms with Crippen molar-refractivity contribution in [1.29, 1.82) is 0 Å². The third kappa shape index (κ3) is 6.34. The van der Waals surface area contributed by atoms with Gasteiger partial charge in [-0.2, -0.15) is 8.78 Å². The Labute approximate surface area is 150 Å². The highest BCUT2D eigenvalue weighted by Gasteiger charge is 2.16. The minimum atomic E-state index is -2.95. The van der Waals surface area contributed by atoms with E-state index in [0.717, 1.165) is 12.8 Å². The lowest BCUT2D eigenvalue weighted by atomic mass is 10.1. The van der Waals surface area contributed by atoms with Crippen molar-refractivity contribution in [1.82, 2.24) is 5.32 Å². The summed E-state index contributed by atoms with van der Waals surface area (Å²) in [5.41, 5.74) is 0.624. The van der Waals surface area contributed by atoms with Gasteiger partial charge in [-0.25, -0.2) is 0 Å². The Morgan fingerprint density at radius 3 is 2.77 bits per heavy atom. The third-order valence-electron chi connectivity index (χ3n) is 3.84. The summed E-state index contributed by atoms with van der Waals surface area (Å²) in [5.74, 6) is -0.633. The van der Waals surface area contributed by atoms with Crippen molar-refractivity contribution >= 4 is 11.9 Å². The molecule has 0 bridgehead atoms. The molecule has 1 atom stereocenters. The minimum absolute atomic E-state index is 0.0903. The molecule has 0 radical (unpaired) electrons. The zero-order valence-electron chi connectivity index (χ0n) is 14.4. The molecular weight excluding hydrogens is 348 g/mol. The first-order chi connectivity index (χ1) is 12.5. The number of carbonyl (C=O) groups is 2. The topological polar surface area (TPSA) is 73.9 Å². The molecule has 26 heavy (non-hydrogen) atoms. The van der Waals surface area contributed by atoms with Crippen molar-refractivity contribution in [2.45, 2.75) is 32.4 Å². The summed E-state index contributed by atoms with van der Waals surface area (Å²) in [4.78, 5) is 23.4. The number of methoxy groups -OCH3 is 1. The number of alkyl halides is 2. The van der Waals surface area contributed by atoms with Crippen molar-refractivity contribution < 1.29 is 32.6 Å². The maximum atomic E-state index is 12.3. The summed E-state index contributed by atoms with van der Waals surface area (Å²) >= 11 is 0. The number of hydrogen-bond donors (Lipinski definition) is 1. The molecule has 142 valence electrons. The number of nitrogens with one attached hydrogen (secondary N) is 1. The fourth-order valence-corrected chi connectivity index (χ4v) is 2.55. The molecule has 1 aromatic rings. The number of hydrogen-bond acceptors (Lipinski definition) is 5. The molecule has 0 aliphatic heterocycles.